The molecule has 8 heteroatoms. The van der Waals surface area contributed by atoms with Crippen molar-refractivity contribution in [2.75, 3.05) is 23.7 Å². The predicted octanol–water partition coefficient (Wildman–Crippen LogP) is 3.80. The Morgan fingerprint density at radius 1 is 1.24 bits per heavy atom. The highest BCUT2D eigenvalue weighted by atomic mass is 32.2. The first-order chi connectivity index (χ1) is 16.2. The van der Waals surface area contributed by atoms with Gasteiger partial charge in [0.05, 0.1) is 17.1 Å². The molecule has 3 atom stereocenters. The van der Waals surface area contributed by atoms with Crippen LogP contribution in [0.3, 0.4) is 0 Å². The van der Waals surface area contributed by atoms with Gasteiger partial charge in [-0.05, 0) is 86.5 Å². The average molecular weight is 488 g/mol. The van der Waals surface area contributed by atoms with Gasteiger partial charge in [-0.25, -0.2) is 4.98 Å². The number of hydrogen-bond acceptors (Lipinski definition) is 6. The minimum absolute atomic E-state index is 0.0691. The summed E-state index contributed by atoms with van der Waals surface area (Å²) < 4.78 is 0. The number of anilines is 1. The summed E-state index contributed by atoms with van der Waals surface area (Å²) in [5, 5.41) is 24.3. The van der Waals surface area contributed by atoms with Crippen LogP contribution in [0.5, 0.6) is 0 Å². The number of thioether (sulfide) groups is 1. The number of nitrogens with zero attached hydrogens (tertiary/aromatic N) is 2. The summed E-state index contributed by atoms with van der Waals surface area (Å²) in [6.45, 7) is 5.50. The zero-order valence-electron chi connectivity index (χ0n) is 20.2. The fraction of sp³-hybridized carbons (Fsp3) is 0.731. The first-order valence-corrected chi connectivity index (χ1v) is 13.8. The maximum absolute atomic E-state index is 13.5. The van der Waals surface area contributed by atoms with Gasteiger partial charge in [0.25, 0.3) is 5.91 Å². The lowest BCUT2D eigenvalue weighted by Crippen LogP contribution is -2.61. The van der Waals surface area contributed by atoms with Crippen LogP contribution in [0.25, 0.3) is 0 Å². The van der Waals surface area contributed by atoms with E-state index in [0.29, 0.717) is 48.7 Å². The fourth-order valence-corrected chi connectivity index (χ4v) is 8.15. The van der Waals surface area contributed by atoms with Crippen LogP contribution in [0.4, 0.5) is 5.82 Å². The van der Waals surface area contributed by atoms with E-state index in [9.17, 15) is 19.8 Å². The molecule has 2 unspecified atom stereocenters. The molecular formula is C26H37N3O4S. The Morgan fingerprint density at radius 3 is 2.59 bits per heavy atom. The highest BCUT2D eigenvalue weighted by Gasteiger charge is 2.55. The van der Waals surface area contributed by atoms with E-state index in [-0.39, 0.29) is 17.9 Å². The number of carbonyl (C=O) groups excluding carboxylic acids is 1. The lowest BCUT2D eigenvalue weighted by atomic mass is 9.52. The highest BCUT2D eigenvalue weighted by Crippen LogP contribution is 2.55. The minimum atomic E-state index is -0.759. The zero-order chi connectivity index (χ0) is 24.0. The van der Waals surface area contributed by atoms with E-state index in [1.807, 2.05) is 17.0 Å². The van der Waals surface area contributed by atoms with Crippen LogP contribution in [0, 0.1) is 29.6 Å². The first kappa shape index (κ1) is 23.9. The zero-order valence-corrected chi connectivity index (χ0v) is 21.0. The maximum Gasteiger partial charge on any atom is 0.308 e. The normalized spacial score (nSPS) is 34.1. The smallest absolute Gasteiger partial charge is 0.308 e. The number of carbonyl (C=O) groups is 2. The standard InChI is InChI=1S/C26H37N3O4S/c1-15(2)6-8-34-24-20(3-4-21(27-24)29-7-5-17(14-29)25(31)32)23(30)28-22-18-9-16-10-19(22)13-26(33,11-16)12-18/h3-4,15-19,22,33H,5-14H2,1-2H3,(H,28,30)(H,31,32)/t16?,17-,18?,19?,22-,26+/m1/s1. The number of carboxylic acids is 1. The molecule has 0 radical (unpaired) electrons. The molecule has 1 saturated heterocycles. The Labute approximate surface area is 206 Å². The van der Waals surface area contributed by atoms with Gasteiger partial charge in [0.2, 0.25) is 0 Å². The third-order valence-corrected chi connectivity index (χ3v) is 9.45. The number of pyridine rings is 1. The monoisotopic (exact) mass is 487 g/mol. The van der Waals surface area contributed by atoms with Crippen molar-refractivity contribution in [2.45, 2.75) is 75.5 Å². The summed E-state index contributed by atoms with van der Waals surface area (Å²) in [5.74, 6) is 2.35. The second kappa shape index (κ2) is 9.34. The Morgan fingerprint density at radius 2 is 1.97 bits per heavy atom. The molecule has 186 valence electrons. The summed E-state index contributed by atoms with van der Waals surface area (Å²) in [4.78, 5) is 31.8. The number of hydrogen-bond donors (Lipinski definition) is 3. The SMILES string of the molecule is CC(C)CCSc1nc(N2CC[C@@H](C(=O)O)C2)ccc1C(=O)N[C@H]1C2CC3CC1C[C@@](O)(C3)C2. The predicted molar refractivity (Wildman–Crippen MR) is 132 cm³/mol. The Kier molecular flexibility index (Phi) is 6.57. The molecule has 1 aromatic rings. The molecule has 5 aliphatic rings. The van der Waals surface area contributed by atoms with E-state index in [2.05, 4.69) is 19.2 Å². The molecule has 3 N–H and O–H groups in total. The van der Waals surface area contributed by atoms with Crippen molar-refractivity contribution in [2.24, 2.45) is 29.6 Å². The largest absolute Gasteiger partial charge is 0.481 e. The van der Waals surface area contributed by atoms with Gasteiger partial charge in [-0.15, -0.1) is 11.8 Å². The van der Waals surface area contributed by atoms with Gasteiger partial charge in [-0.3, -0.25) is 9.59 Å². The van der Waals surface area contributed by atoms with E-state index in [4.69, 9.17) is 4.98 Å². The summed E-state index contributed by atoms with van der Waals surface area (Å²) in [7, 11) is 0. The number of carboxylic acid groups (broad SMARTS) is 1. The van der Waals surface area contributed by atoms with Crippen LogP contribution in [0.2, 0.25) is 0 Å². The molecule has 1 aliphatic heterocycles. The summed E-state index contributed by atoms with van der Waals surface area (Å²) in [5.41, 5.74) is 0.0986. The Balaban J connectivity index is 1.33. The van der Waals surface area contributed by atoms with Crippen LogP contribution >= 0.6 is 11.8 Å². The fourth-order valence-electron chi connectivity index (χ4n) is 6.90. The van der Waals surface area contributed by atoms with Crippen LogP contribution in [0.15, 0.2) is 17.2 Å². The van der Waals surface area contributed by atoms with E-state index in [1.165, 1.54) is 0 Å². The van der Waals surface area contributed by atoms with Crippen molar-refractivity contribution < 1.29 is 19.8 Å². The van der Waals surface area contributed by atoms with Crippen LogP contribution in [0.1, 0.15) is 69.2 Å². The van der Waals surface area contributed by atoms with Gasteiger partial charge >= 0.3 is 5.97 Å². The molecule has 4 saturated carbocycles. The van der Waals surface area contributed by atoms with Gasteiger partial charge in [0.1, 0.15) is 10.8 Å². The van der Waals surface area contributed by atoms with Gasteiger partial charge < -0.3 is 20.4 Å². The average Bonchev–Trinajstić information content (AvgIpc) is 3.25. The second-order valence-corrected chi connectivity index (χ2v) is 12.6. The topological polar surface area (TPSA) is 103 Å². The van der Waals surface area contributed by atoms with Crippen LogP contribution < -0.4 is 10.2 Å². The molecule has 1 aromatic heterocycles. The number of aliphatic carboxylic acids is 1. The third kappa shape index (κ3) is 4.81. The van der Waals surface area contributed by atoms with Crippen molar-refractivity contribution in [3.05, 3.63) is 17.7 Å². The molecule has 6 rings (SSSR count). The number of rotatable bonds is 8. The van der Waals surface area contributed by atoms with Crippen LogP contribution in [-0.2, 0) is 4.79 Å². The van der Waals surface area contributed by atoms with Crippen molar-refractivity contribution in [1.82, 2.24) is 10.3 Å². The van der Waals surface area contributed by atoms with Gasteiger partial charge in [0, 0.05) is 19.1 Å². The molecule has 0 aromatic carbocycles. The molecular weight excluding hydrogens is 450 g/mol. The number of aliphatic hydroxyl groups is 1. The van der Waals surface area contributed by atoms with Crippen molar-refractivity contribution in [1.29, 1.82) is 0 Å². The lowest BCUT2D eigenvalue weighted by Gasteiger charge is -2.58. The number of amides is 1. The molecule has 0 spiro atoms. The Bertz CT molecular complexity index is 938. The molecule has 4 bridgehead atoms. The van der Waals surface area contributed by atoms with Crippen molar-refractivity contribution in [3.63, 3.8) is 0 Å². The van der Waals surface area contributed by atoms with Gasteiger partial charge in [0.15, 0.2) is 0 Å². The van der Waals surface area contributed by atoms with Gasteiger partial charge in [-0.2, -0.15) is 0 Å². The second-order valence-electron chi connectivity index (χ2n) is 11.5. The molecule has 7 nitrogen and oxygen atoms in total. The van der Waals surface area contributed by atoms with Crippen LogP contribution in [-0.4, -0.2) is 57.6 Å². The summed E-state index contributed by atoms with van der Waals surface area (Å²) in [6, 6.07) is 3.87. The maximum atomic E-state index is 13.5. The summed E-state index contributed by atoms with van der Waals surface area (Å²) in [6.07, 6.45) is 6.41. The van der Waals surface area contributed by atoms with E-state index >= 15 is 0 Å². The minimum Gasteiger partial charge on any atom is -0.481 e. The Hall–Kier alpha value is -1.80. The van der Waals surface area contributed by atoms with Gasteiger partial charge in [-0.1, -0.05) is 13.8 Å². The molecule has 34 heavy (non-hydrogen) atoms. The molecule has 4 aliphatic carbocycles. The molecule has 1 amide bonds. The van der Waals surface area contributed by atoms with Crippen molar-refractivity contribution in [3.8, 4) is 0 Å². The third-order valence-electron chi connectivity index (χ3n) is 8.42. The number of aromatic nitrogens is 1. The highest BCUT2D eigenvalue weighted by molar-refractivity contribution is 7.99. The molecule has 5 fully saturated rings. The molecule has 2 heterocycles. The van der Waals surface area contributed by atoms with E-state index in [0.717, 1.165) is 55.1 Å². The lowest BCUT2D eigenvalue weighted by molar-refractivity contribution is -0.141. The van der Waals surface area contributed by atoms with Crippen molar-refractivity contribution >= 4 is 29.5 Å². The first-order valence-electron chi connectivity index (χ1n) is 12.9. The van der Waals surface area contributed by atoms with E-state index in [1.54, 1.807) is 11.8 Å². The quantitative estimate of drug-likeness (QED) is 0.479. The summed E-state index contributed by atoms with van der Waals surface area (Å²) >= 11 is 1.62. The number of nitrogens with one attached hydrogen (secondary N) is 1. The van der Waals surface area contributed by atoms with E-state index < -0.39 is 11.6 Å².